The van der Waals surface area contributed by atoms with E-state index in [0.29, 0.717) is 5.92 Å². The molecule has 0 aliphatic carbocycles. The smallest absolute Gasteiger partial charge is 0.132 e. The van der Waals surface area contributed by atoms with Gasteiger partial charge in [-0.1, -0.05) is 32.9 Å². The molecule has 2 nitrogen and oxygen atoms in total. The molecule has 0 aliphatic heterocycles. The van der Waals surface area contributed by atoms with Crippen LogP contribution in [0.15, 0.2) is 24.3 Å². The number of carbonyl (C=O) groups is 1. The highest BCUT2D eigenvalue weighted by atomic mass is 16.5. The van der Waals surface area contributed by atoms with E-state index in [1.165, 1.54) is 5.56 Å². The summed E-state index contributed by atoms with van der Waals surface area (Å²) in [4.78, 5) is 11.2. The first-order valence-electron chi connectivity index (χ1n) is 6.71. The molecule has 2 heteroatoms. The predicted octanol–water partition coefficient (Wildman–Crippen LogP) is 3.88. The third-order valence-electron chi connectivity index (χ3n) is 3.12. The van der Waals surface area contributed by atoms with Crippen molar-refractivity contribution in [2.24, 2.45) is 11.8 Å². The average molecular weight is 248 g/mol. The maximum atomic E-state index is 11.2. The van der Waals surface area contributed by atoms with E-state index >= 15 is 0 Å². The highest BCUT2D eigenvalue weighted by Gasteiger charge is 2.08. The Kier molecular flexibility index (Phi) is 5.90. The summed E-state index contributed by atoms with van der Waals surface area (Å²) in [6, 6.07) is 8.07. The zero-order valence-corrected chi connectivity index (χ0v) is 11.9. The second-order valence-corrected chi connectivity index (χ2v) is 5.39. The van der Waals surface area contributed by atoms with Gasteiger partial charge in [0.1, 0.15) is 11.5 Å². The van der Waals surface area contributed by atoms with E-state index in [1.807, 2.05) is 31.2 Å². The fraction of sp³-hybridized carbons (Fsp3) is 0.562. The van der Waals surface area contributed by atoms with Crippen molar-refractivity contribution >= 4 is 5.78 Å². The molecule has 100 valence electrons. The van der Waals surface area contributed by atoms with Crippen molar-refractivity contribution in [3.05, 3.63) is 29.8 Å². The fourth-order valence-electron chi connectivity index (χ4n) is 1.63. The third-order valence-corrected chi connectivity index (χ3v) is 3.12. The monoisotopic (exact) mass is 248 g/mol. The number of Topliss-reactive ketones (excluding diaryl/α,β-unsaturated/α-hetero) is 1. The van der Waals surface area contributed by atoms with Gasteiger partial charge in [-0.2, -0.15) is 0 Å². The Morgan fingerprint density at radius 2 is 1.78 bits per heavy atom. The third kappa shape index (κ3) is 5.35. The molecule has 0 heterocycles. The van der Waals surface area contributed by atoms with E-state index in [4.69, 9.17) is 4.74 Å². The minimum atomic E-state index is 0.0951. The molecule has 0 unspecified atom stereocenters. The number of hydrogen-bond donors (Lipinski definition) is 0. The van der Waals surface area contributed by atoms with E-state index in [1.54, 1.807) is 6.92 Å². The van der Waals surface area contributed by atoms with Gasteiger partial charge in [0.15, 0.2) is 0 Å². The average Bonchev–Trinajstić information content (AvgIpc) is 2.30. The van der Waals surface area contributed by atoms with Crippen molar-refractivity contribution in [3.8, 4) is 5.75 Å². The molecule has 1 atom stereocenters. The van der Waals surface area contributed by atoms with Crippen molar-refractivity contribution < 1.29 is 9.53 Å². The number of benzene rings is 1. The predicted molar refractivity (Wildman–Crippen MR) is 74.9 cm³/mol. The fourth-order valence-corrected chi connectivity index (χ4v) is 1.63. The SMILES string of the molecule is CC(=O)[C@@H](C)Cc1ccc(OCCC(C)C)cc1. The first-order chi connectivity index (χ1) is 8.49. The Balaban J connectivity index is 2.44. The summed E-state index contributed by atoms with van der Waals surface area (Å²) in [7, 11) is 0. The molecule has 0 N–H and O–H groups in total. The van der Waals surface area contributed by atoms with Crippen LogP contribution in [0.4, 0.5) is 0 Å². The van der Waals surface area contributed by atoms with Crippen LogP contribution in [0, 0.1) is 11.8 Å². The van der Waals surface area contributed by atoms with Crippen molar-refractivity contribution in [1.82, 2.24) is 0 Å². The highest BCUT2D eigenvalue weighted by Crippen LogP contribution is 2.16. The minimum Gasteiger partial charge on any atom is -0.494 e. The van der Waals surface area contributed by atoms with Crippen molar-refractivity contribution in [1.29, 1.82) is 0 Å². The van der Waals surface area contributed by atoms with E-state index < -0.39 is 0 Å². The van der Waals surface area contributed by atoms with Gasteiger partial charge in [-0.15, -0.1) is 0 Å². The van der Waals surface area contributed by atoms with E-state index in [-0.39, 0.29) is 11.7 Å². The standard InChI is InChI=1S/C16H24O2/c1-12(2)9-10-18-16-7-5-15(6-8-16)11-13(3)14(4)17/h5-8,12-13H,9-11H2,1-4H3/t13-/m0/s1. The molecule has 18 heavy (non-hydrogen) atoms. The van der Waals surface area contributed by atoms with Crippen LogP contribution in [0.3, 0.4) is 0 Å². The minimum absolute atomic E-state index is 0.0951. The maximum Gasteiger partial charge on any atom is 0.132 e. The normalized spacial score (nSPS) is 12.5. The summed E-state index contributed by atoms with van der Waals surface area (Å²) in [5, 5.41) is 0. The summed E-state index contributed by atoms with van der Waals surface area (Å²) in [6.07, 6.45) is 1.88. The highest BCUT2D eigenvalue weighted by molar-refractivity contribution is 5.78. The molecule has 1 rings (SSSR count). The van der Waals surface area contributed by atoms with Gasteiger partial charge >= 0.3 is 0 Å². The first kappa shape index (κ1) is 14.7. The van der Waals surface area contributed by atoms with Gasteiger partial charge < -0.3 is 4.74 Å². The number of rotatable bonds is 7. The molecular weight excluding hydrogens is 224 g/mol. The van der Waals surface area contributed by atoms with Gasteiger partial charge in [-0.05, 0) is 43.4 Å². The lowest BCUT2D eigenvalue weighted by atomic mass is 9.98. The van der Waals surface area contributed by atoms with Gasteiger partial charge in [0, 0.05) is 5.92 Å². The molecular formula is C16H24O2. The Hall–Kier alpha value is -1.31. The topological polar surface area (TPSA) is 26.3 Å². The van der Waals surface area contributed by atoms with E-state index in [0.717, 1.165) is 25.2 Å². The number of carbonyl (C=O) groups excluding carboxylic acids is 1. The van der Waals surface area contributed by atoms with E-state index in [2.05, 4.69) is 13.8 Å². The summed E-state index contributed by atoms with van der Waals surface area (Å²) in [5.74, 6) is 1.92. The lowest BCUT2D eigenvalue weighted by Gasteiger charge is -2.10. The first-order valence-corrected chi connectivity index (χ1v) is 6.71. The van der Waals surface area contributed by atoms with Gasteiger partial charge in [-0.25, -0.2) is 0 Å². The number of ketones is 1. The van der Waals surface area contributed by atoms with Crippen molar-refractivity contribution in [3.63, 3.8) is 0 Å². The maximum absolute atomic E-state index is 11.2. The van der Waals surface area contributed by atoms with Crippen LogP contribution in [0.2, 0.25) is 0 Å². The molecule has 0 spiro atoms. The zero-order valence-electron chi connectivity index (χ0n) is 11.9. The van der Waals surface area contributed by atoms with Crippen LogP contribution in [-0.4, -0.2) is 12.4 Å². The summed E-state index contributed by atoms with van der Waals surface area (Å²) < 4.78 is 5.66. The molecule has 0 radical (unpaired) electrons. The molecule has 1 aromatic carbocycles. The molecule has 0 bridgehead atoms. The quantitative estimate of drug-likeness (QED) is 0.732. The summed E-state index contributed by atoms with van der Waals surface area (Å²) in [5.41, 5.74) is 1.19. The van der Waals surface area contributed by atoms with Crippen molar-refractivity contribution in [2.75, 3.05) is 6.61 Å². The molecule has 0 amide bonds. The molecule has 0 saturated heterocycles. The molecule has 0 saturated carbocycles. The van der Waals surface area contributed by atoms with Crippen LogP contribution >= 0.6 is 0 Å². The molecule has 0 aliphatic rings. The number of ether oxygens (including phenoxy) is 1. The van der Waals surface area contributed by atoms with Crippen molar-refractivity contribution in [2.45, 2.75) is 40.5 Å². The summed E-state index contributed by atoms with van der Waals surface area (Å²) in [6.45, 7) is 8.76. The van der Waals surface area contributed by atoms with Crippen LogP contribution in [0.1, 0.15) is 39.7 Å². The second-order valence-electron chi connectivity index (χ2n) is 5.39. The van der Waals surface area contributed by atoms with Gasteiger partial charge in [0.25, 0.3) is 0 Å². The lowest BCUT2D eigenvalue weighted by molar-refractivity contribution is -0.120. The Morgan fingerprint density at radius 1 is 1.17 bits per heavy atom. The Labute approximate surface area is 110 Å². The van der Waals surface area contributed by atoms with Crippen LogP contribution in [0.25, 0.3) is 0 Å². The zero-order chi connectivity index (χ0) is 13.5. The van der Waals surface area contributed by atoms with Crippen LogP contribution < -0.4 is 4.74 Å². The lowest BCUT2D eigenvalue weighted by Crippen LogP contribution is -2.09. The Morgan fingerprint density at radius 3 is 2.28 bits per heavy atom. The van der Waals surface area contributed by atoms with Crippen LogP contribution in [0.5, 0.6) is 5.75 Å². The Bertz CT molecular complexity index is 365. The molecule has 1 aromatic rings. The summed E-state index contributed by atoms with van der Waals surface area (Å²) >= 11 is 0. The molecule has 0 fully saturated rings. The van der Waals surface area contributed by atoms with Gasteiger partial charge in [0.2, 0.25) is 0 Å². The number of hydrogen-bond acceptors (Lipinski definition) is 2. The van der Waals surface area contributed by atoms with E-state index in [9.17, 15) is 4.79 Å². The van der Waals surface area contributed by atoms with Gasteiger partial charge in [0.05, 0.1) is 6.61 Å². The van der Waals surface area contributed by atoms with Crippen LogP contribution in [-0.2, 0) is 11.2 Å². The molecule has 0 aromatic heterocycles. The second kappa shape index (κ2) is 7.20. The largest absolute Gasteiger partial charge is 0.494 e. The van der Waals surface area contributed by atoms with Gasteiger partial charge in [-0.3, -0.25) is 4.79 Å².